The predicted molar refractivity (Wildman–Crippen MR) is 62.2 cm³/mol. The van der Waals surface area contributed by atoms with Gasteiger partial charge in [0.1, 0.15) is 0 Å². The van der Waals surface area contributed by atoms with Crippen LogP contribution in [0.4, 0.5) is 0 Å². The Morgan fingerprint density at radius 3 is 2.81 bits per heavy atom. The molecule has 2 aliphatic rings. The number of rotatable bonds is 5. The number of hydrogen-bond donors (Lipinski definition) is 1. The van der Waals surface area contributed by atoms with Crippen LogP contribution in [0.25, 0.3) is 0 Å². The van der Waals surface area contributed by atoms with E-state index in [1.165, 1.54) is 12.8 Å². The largest absolute Gasteiger partial charge is 0.377 e. The van der Waals surface area contributed by atoms with Gasteiger partial charge in [-0.3, -0.25) is 4.79 Å². The Morgan fingerprint density at radius 1 is 1.50 bits per heavy atom. The summed E-state index contributed by atoms with van der Waals surface area (Å²) in [6.07, 6.45) is 4.89. The Kier molecular flexibility index (Phi) is 3.82. The van der Waals surface area contributed by atoms with Crippen LogP contribution in [-0.4, -0.2) is 49.2 Å². The zero-order valence-electron chi connectivity index (χ0n) is 10.2. The lowest BCUT2D eigenvalue weighted by Crippen LogP contribution is -2.44. The van der Waals surface area contributed by atoms with E-state index in [-0.39, 0.29) is 11.9 Å². The van der Waals surface area contributed by atoms with Crippen LogP contribution < -0.4 is 5.32 Å². The average Bonchev–Trinajstić information content (AvgIpc) is 2.99. The number of carbonyl (C=O) groups is 1. The zero-order chi connectivity index (χ0) is 11.5. The van der Waals surface area contributed by atoms with E-state index in [1.807, 2.05) is 11.9 Å². The second kappa shape index (κ2) is 5.15. The van der Waals surface area contributed by atoms with Crippen LogP contribution >= 0.6 is 0 Å². The first-order valence-corrected chi connectivity index (χ1v) is 6.29. The number of ether oxygens (including phenoxy) is 1. The summed E-state index contributed by atoms with van der Waals surface area (Å²) in [6.45, 7) is 3.40. The number of nitrogens with one attached hydrogen (secondary N) is 1. The lowest BCUT2D eigenvalue weighted by Gasteiger charge is -2.22. The van der Waals surface area contributed by atoms with Gasteiger partial charge in [0.25, 0.3) is 0 Å². The van der Waals surface area contributed by atoms with E-state index >= 15 is 0 Å². The normalized spacial score (nSPS) is 26.8. The van der Waals surface area contributed by atoms with E-state index in [0.29, 0.717) is 18.7 Å². The van der Waals surface area contributed by atoms with Crippen molar-refractivity contribution in [3.63, 3.8) is 0 Å². The highest BCUT2D eigenvalue weighted by atomic mass is 16.5. The molecule has 0 aromatic carbocycles. The van der Waals surface area contributed by atoms with Crippen molar-refractivity contribution >= 4 is 5.91 Å². The third-order valence-corrected chi connectivity index (χ3v) is 3.59. The van der Waals surface area contributed by atoms with E-state index in [4.69, 9.17) is 4.74 Å². The third kappa shape index (κ3) is 2.95. The monoisotopic (exact) mass is 226 g/mol. The molecule has 2 rings (SSSR count). The summed E-state index contributed by atoms with van der Waals surface area (Å²) in [6, 6.07) is 0.784. The quantitative estimate of drug-likeness (QED) is 0.752. The van der Waals surface area contributed by atoms with Gasteiger partial charge in [-0.05, 0) is 32.6 Å². The van der Waals surface area contributed by atoms with Gasteiger partial charge in [-0.2, -0.15) is 0 Å². The molecule has 1 N–H and O–H groups in total. The lowest BCUT2D eigenvalue weighted by molar-refractivity contribution is -0.129. The standard InChI is InChI=1S/C12H22N2O2/c1-9(11-4-3-7-16-11)13-8-12(15)14(2)10-5-6-10/h9-11,13H,3-8H2,1-2H3. The molecule has 2 atom stereocenters. The number of nitrogens with zero attached hydrogens (tertiary/aromatic N) is 1. The second-order valence-corrected chi connectivity index (χ2v) is 4.96. The van der Waals surface area contributed by atoms with Crippen molar-refractivity contribution in [2.45, 2.75) is 50.8 Å². The number of amides is 1. The number of carbonyl (C=O) groups excluding carboxylic acids is 1. The minimum atomic E-state index is 0.201. The van der Waals surface area contributed by atoms with E-state index in [1.54, 1.807) is 0 Å². The van der Waals surface area contributed by atoms with Crippen molar-refractivity contribution in [1.82, 2.24) is 10.2 Å². The Morgan fingerprint density at radius 2 is 2.25 bits per heavy atom. The van der Waals surface area contributed by atoms with Gasteiger partial charge in [-0.25, -0.2) is 0 Å². The van der Waals surface area contributed by atoms with Gasteiger partial charge in [-0.15, -0.1) is 0 Å². The van der Waals surface area contributed by atoms with Gasteiger partial charge in [0.2, 0.25) is 5.91 Å². The maximum atomic E-state index is 11.8. The highest BCUT2D eigenvalue weighted by molar-refractivity contribution is 5.78. The molecular weight excluding hydrogens is 204 g/mol. The molecule has 1 aliphatic carbocycles. The minimum absolute atomic E-state index is 0.201. The molecule has 4 nitrogen and oxygen atoms in total. The first kappa shape index (κ1) is 11.9. The summed E-state index contributed by atoms with van der Waals surface area (Å²) in [5.41, 5.74) is 0. The molecule has 2 unspecified atom stereocenters. The third-order valence-electron chi connectivity index (χ3n) is 3.59. The highest BCUT2D eigenvalue weighted by Crippen LogP contribution is 2.25. The van der Waals surface area contributed by atoms with Crippen LogP contribution in [0, 0.1) is 0 Å². The van der Waals surface area contributed by atoms with Gasteiger partial charge < -0.3 is 15.0 Å². The van der Waals surface area contributed by atoms with Crippen molar-refractivity contribution in [3.8, 4) is 0 Å². The van der Waals surface area contributed by atoms with E-state index < -0.39 is 0 Å². The van der Waals surface area contributed by atoms with Crippen LogP contribution in [0.1, 0.15) is 32.6 Å². The van der Waals surface area contributed by atoms with Crippen molar-refractivity contribution in [2.24, 2.45) is 0 Å². The molecule has 0 bridgehead atoms. The topological polar surface area (TPSA) is 41.6 Å². The van der Waals surface area contributed by atoms with Crippen LogP contribution in [0.2, 0.25) is 0 Å². The molecule has 1 aliphatic heterocycles. The summed E-state index contributed by atoms with van der Waals surface area (Å²) < 4.78 is 5.58. The number of hydrogen-bond acceptors (Lipinski definition) is 3. The van der Waals surface area contributed by atoms with E-state index in [9.17, 15) is 4.79 Å². The van der Waals surface area contributed by atoms with Gasteiger partial charge in [0.05, 0.1) is 12.6 Å². The molecule has 1 amide bonds. The summed E-state index contributed by atoms with van der Waals surface area (Å²) in [5, 5.41) is 3.27. The maximum absolute atomic E-state index is 11.8. The summed E-state index contributed by atoms with van der Waals surface area (Å²) in [5.74, 6) is 0.201. The SMILES string of the molecule is CC(NCC(=O)N(C)C1CC1)C1CCCO1. The van der Waals surface area contributed by atoms with E-state index in [2.05, 4.69) is 12.2 Å². The van der Waals surface area contributed by atoms with Crippen molar-refractivity contribution < 1.29 is 9.53 Å². The average molecular weight is 226 g/mol. The van der Waals surface area contributed by atoms with E-state index in [0.717, 1.165) is 19.4 Å². The molecule has 2 fully saturated rings. The van der Waals surface area contributed by atoms with Gasteiger partial charge in [0.15, 0.2) is 0 Å². The fraction of sp³-hybridized carbons (Fsp3) is 0.917. The molecule has 0 aromatic heterocycles. The van der Waals surface area contributed by atoms with Gasteiger partial charge >= 0.3 is 0 Å². The minimum Gasteiger partial charge on any atom is -0.377 e. The Balaban J connectivity index is 1.67. The second-order valence-electron chi connectivity index (χ2n) is 4.96. The molecule has 4 heteroatoms. The highest BCUT2D eigenvalue weighted by Gasteiger charge is 2.30. The van der Waals surface area contributed by atoms with Crippen LogP contribution in [-0.2, 0) is 9.53 Å². The first-order chi connectivity index (χ1) is 7.68. The molecule has 1 heterocycles. The maximum Gasteiger partial charge on any atom is 0.236 e. The van der Waals surface area contributed by atoms with Gasteiger partial charge in [-0.1, -0.05) is 0 Å². The van der Waals surface area contributed by atoms with Crippen LogP contribution in [0.3, 0.4) is 0 Å². The van der Waals surface area contributed by atoms with Crippen molar-refractivity contribution in [1.29, 1.82) is 0 Å². The molecule has 16 heavy (non-hydrogen) atoms. The van der Waals surface area contributed by atoms with Crippen LogP contribution in [0.15, 0.2) is 0 Å². The summed E-state index contributed by atoms with van der Waals surface area (Å²) in [7, 11) is 1.90. The zero-order valence-corrected chi connectivity index (χ0v) is 10.2. The van der Waals surface area contributed by atoms with Crippen LogP contribution in [0.5, 0.6) is 0 Å². The molecule has 1 saturated heterocycles. The Labute approximate surface area is 97.3 Å². The number of likely N-dealkylation sites (N-methyl/N-ethyl adjacent to an activating group) is 1. The summed E-state index contributed by atoms with van der Waals surface area (Å²) in [4.78, 5) is 13.6. The molecule has 0 aromatic rings. The first-order valence-electron chi connectivity index (χ1n) is 6.29. The smallest absolute Gasteiger partial charge is 0.236 e. The van der Waals surface area contributed by atoms with Gasteiger partial charge in [0, 0.05) is 25.7 Å². The fourth-order valence-corrected chi connectivity index (χ4v) is 2.17. The Hall–Kier alpha value is -0.610. The summed E-state index contributed by atoms with van der Waals surface area (Å²) >= 11 is 0. The molecule has 92 valence electrons. The lowest BCUT2D eigenvalue weighted by atomic mass is 10.1. The van der Waals surface area contributed by atoms with Crippen molar-refractivity contribution in [2.75, 3.05) is 20.2 Å². The molecular formula is C12H22N2O2. The Bertz CT molecular complexity index is 247. The van der Waals surface area contributed by atoms with Crippen molar-refractivity contribution in [3.05, 3.63) is 0 Å². The fourth-order valence-electron chi connectivity index (χ4n) is 2.17. The molecule has 0 spiro atoms. The molecule has 0 radical (unpaired) electrons. The molecule has 1 saturated carbocycles. The predicted octanol–water partition coefficient (Wildman–Crippen LogP) is 0.764.